The van der Waals surface area contributed by atoms with Gasteiger partial charge < -0.3 is 11.7 Å². The summed E-state index contributed by atoms with van der Waals surface area (Å²) in [5.74, 6) is 0.605. The summed E-state index contributed by atoms with van der Waals surface area (Å²) in [5.41, 5.74) is 0. The second kappa shape index (κ2) is 4.37. The van der Waals surface area contributed by atoms with Crippen molar-refractivity contribution in [2.45, 2.75) is 31.5 Å². The van der Waals surface area contributed by atoms with Crippen LogP contribution in [0.1, 0.15) is 19.3 Å². The Hall–Kier alpha value is 1.31. The first-order valence-corrected chi connectivity index (χ1v) is 12.7. The van der Waals surface area contributed by atoms with E-state index in [1.165, 1.54) is 34.1 Å². The number of fused-ring (bicyclic) bond motifs is 2. The fraction of sp³-hybridized carbons (Fsp3) is 0.857. The van der Waals surface area contributed by atoms with Gasteiger partial charge in [-0.3, -0.25) is 0 Å². The fourth-order valence-electron chi connectivity index (χ4n) is 1.74. The maximum absolute atomic E-state index is 5.52. The molecule has 2 fully saturated rings. The van der Waals surface area contributed by atoms with E-state index in [-0.39, 0.29) is 0 Å². The van der Waals surface area contributed by atoms with E-state index in [4.69, 9.17) is 4.74 Å². The third-order valence-electron chi connectivity index (χ3n) is 2.23. The molecule has 0 aliphatic carbocycles. The Bertz CT molecular complexity index is 108. The van der Waals surface area contributed by atoms with Crippen molar-refractivity contribution < 1.29 is 19.5 Å². The van der Waals surface area contributed by atoms with E-state index in [2.05, 4.69) is 26.7 Å². The molecule has 0 saturated carbocycles. The molecular formula is C7H11IOZn. The standard InChI is InChI=1S/C7H11O.HI.Zn/c1-5-4-6-2-3-7(5)8-6;;/h5-7H,1-4H2;1H;/q-1;;+2/p-1. The van der Waals surface area contributed by atoms with Crippen LogP contribution in [0.3, 0.4) is 0 Å². The van der Waals surface area contributed by atoms with Gasteiger partial charge in [-0.2, -0.15) is 0 Å². The van der Waals surface area contributed by atoms with Crippen molar-refractivity contribution >= 4 is 19.8 Å². The topological polar surface area (TPSA) is 9.23 Å². The summed E-state index contributed by atoms with van der Waals surface area (Å²) in [6, 6.07) is 0. The van der Waals surface area contributed by atoms with Crippen molar-refractivity contribution in [2.75, 3.05) is 0 Å². The van der Waals surface area contributed by atoms with Crippen LogP contribution in [0.5, 0.6) is 0 Å². The molecule has 3 unspecified atom stereocenters. The normalized spacial score (nSPS) is 43.0. The molecule has 3 heteroatoms. The van der Waals surface area contributed by atoms with Crippen LogP contribution in [-0.2, 0) is 19.5 Å². The van der Waals surface area contributed by atoms with Crippen molar-refractivity contribution in [1.29, 1.82) is 0 Å². The quantitative estimate of drug-likeness (QED) is 0.379. The first-order valence-electron chi connectivity index (χ1n) is 3.61. The van der Waals surface area contributed by atoms with E-state index in [9.17, 15) is 0 Å². The Morgan fingerprint density at radius 1 is 1.40 bits per heavy atom. The van der Waals surface area contributed by atoms with Gasteiger partial charge in [0.05, 0.1) is 6.10 Å². The SMILES string of the molecule is [CH2-]C1CC2CCC1O2.[Zn+][I]. The molecule has 10 heavy (non-hydrogen) atoms. The third-order valence-corrected chi connectivity index (χ3v) is 2.23. The Morgan fingerprint density at radius 2 is 2.10 bits per heavy atom. The molecular weight excluding hydrogens is 292 g/mol. The Kier molecular flexibility index (Phi) is 4.11. The molecule has 54 valence electrons. The summed E-state index contributed by atoms with van der Waals surface area (Å²) >= 11 is 3.62. The van der Waals surface area contributed by atoms with E-state index >= 15 is 0 Å². The molecule has 2 aliphatic rings. The van der Waals surface area contributed by atoms with Gasteiger partial charge in [0.2, 0.25) is 0 Å². The zero-order valence-corrected chi connectivity index (χ0v) is 11.2. The van der Waals surface area contributed by atoms with Gasteiger partial charge in [-0.1, -0.05) is 0 Å². The molecule has 0 radical (unpaired) electrons. The van der Waals surface area contributed by atoms with Crippen molar-refractivity contribution in [3.8, 4) is 0 Å². The summed E-state index contributed by atoms with van der Waals surface area (Å²) in [5, 5.41) is 0. The number of halogens is 1. The molecule has 2 heterocycles. The van der Waals surface area contributed by atoms with E-state index in [0.717, 1.165) is 0 Å². The third kappa shape index (κ3) is 1.92. The zero-order valence-electron chi connectivity index (χ0n) is 6.05. The molecule has 2 aliphatic heterocycles. The van der Waals surface area contributed by atoms with Crippen LogP contribution in [0.4, 0.5) is 0 Å². The average molecular weight is 303 g/mol. The minimum atomic E-state index is 0.528. The first kappa shape index (κ1) is 9.40. The van der Waals surface area contributed by atoms with Crippen molar-refractivity contribution in [2.24, 2.45) is 5.92 Å². The fourth-order valence-corrected chi connectivity index (χ4v) is 1.74. The number of hydrogen-bond donors (Lipinski definition) is 0. The van der Waals surface area contributed by atoms with E-state index in [1.807, 2.05) is 0 Å². The summed E-state index contributed by atoms with van der Waals surface area (Å²) in [7, 11) is 0. The predicted molar refractivity (Wildman–Crippen MR) is 45.4 cm³/mol. The summed E-state index contributed by atoms with van der Waals surface area (Å²) in [6.07, 6.45) is 4.88. The van der Waals surface area contributed by atoms with E-state index in [1.54, 1.807) is 0 Å². The predicted octanol–water partition coefficient (Wildman–Crippen LogP) is 2.27. The molecule has 2 rings (SSSR count). The van der Waals surface area contributed by atoms with Crippen LogP contribution in [0.25, 0.3) is 0 Å². The number of hydrogen-bond acceptors (Lipinski definition) is 1. The van der Waals surface area contributed by atoms with Gasteiger partial charge in [0, 0.05) is 6.10 Å². The Balaban J connectivity index is 0.000000231. The van der Waals surface area contributed by atoms with Crippen LogP contribution >= 0.6 is 19.8 Å². The molecule has 2 bridgehead atoms. The van der Waals surface area contributed by atoms with E-state index < -0.39 is 0 Å². The molecule has 0 spiro atoms. The molecule has 0 aromatic carbocycles. The van der Waals surface area contributed by atoms with Crippen LogP contribution in [0.2, 0.25) is 0 Å². The van der Waals surface area contributed by atoms with Crippen LogP contribution in [0, 0.1) is 12.8 Å². The van der Waals surface area contributed by atoms with Crippen LogP contribution in [-0.4, -0.2) is 12.2 Å². The van der Waals surface area contributed by atoms with Gasteiger partial charge in [-0.05, 0) is 19.3 Å². The van der Waals surface area contributed by atoms with Gasteiger partial charge >= 0.3 is 34.5 Å². The number of rotatable bonds is 0. The Morgan fingerprint density at radius 3 is 2.30 bits per heavy atom. The summed E-state index contributed by atoms with van der Waals surface area (Å²) in [4.78, 5) is 0. The van der Waals surface area contributed by atoms with Crippen molar-refractivity contribution in [1.82, 2.24) is 0 Å². The average Bonchev–Trinajstić information content (AvgIpc) is 2.52. The van der Waals surface area contributed by atoms with Crippen LogP contribution < -0.4 is 0 Å². The summed E-state index contributed by atoms with van der Waals surface area (Å²) < 4.78 is 5.52. The second-order valence-corrected chi connectivity index (χ2v) is 2.87. The van der Waals surface area contributed by atoms with Crippen molar-refractivity contribution in [3.05, 3.63) is 6.92 Å². The monoisotopic (exact) mass is 302 g/mol. The number of ether oxygens (including phenoxy) is 1. The van der Waals surface area contributed by atoms with Crippen molar-refractivity contribution in [3.63, 3.8) is 0 Å². The van der Waals surface area contributed by atoms with Gasteiger partial charge in [0.15, 0.2) is 0 Å². The minimum absolute atomic E-state index is 0.528. The van der Waals surface area contributed by atoms with Gasteiger partial charge in [0.1, 0.15) is 0 Å². The van der Waals surface area contributed by atoms with Gasteiger partial charge in [-0.25, -0.2) is 0 Å². The molecule has 3 atom stereocenters. The molecule has 2 saturated heterocycles. The van der Waals surface area contributed by atoms with Gasteiger partial charge in [-0.15, -0.1) is 5.92 Å². The van der Waals surface area contributed by atoms with Crippen LogP contribution in [0.15, 0.2) is 0 Å². The Labute approximate surface area is 83.1 Å². The zero-order chi connectivity index (χ0) is 7.56. The molecule has 0 N–H and O–H groups in total. The maximum atomic E-state index is 5.52. The van der Waals surface area contributed by atoms with Gasteiger partial charge in [0.25, 0.3) is 0 Å². The molecule has 0 amide bonds. The molecule has 1 nitrogen and oxygen atoms in total. The summed E-state index contributed by atoms with van der Waals surface area (Å²) in [6.45, 7) is 4.00. The molecule has 0 aromatic rings. The molecule has 0 aromatic heterocycles. The van der Waals surface area contributed by atoms with E-state index in [0.29, 0.717) is 18.1 Å². The second-order valence-electron chi connectivity index (χ2n) is 2.87. The first-order chi connectivity index (χ1) is 4.86.